The predicted molar refractivity (Wildman–Crippen MR) is 95.2 cm³/mol. The van der Waals surface area contributed by atoms with E-state index in [0.717, 1.165) is 30.2 Å². The molecule has 2 atom stereocenters. The smallest absolute Gasteiger partial charge is 0.276 e. The van der Waals surface area contributed by atoms with Gasteiger partial charge < -0.3 is 5.32 Å². The van der Waals surface area contributed by atoms with E-state index in [1.165, 1.54) is 29.2 Å². The Morgan fingerprint density at radius 2 is 2.15 bits per heavy atom. The molecule has 0 unspecified atom stereocenters. The largest absolute Gasteiger partial charge is 0.319 e. The van der Waals surface area contributed by atoms with Crippen LogP contribution in [-0.4, -0.2) is 20.7 Å². The predicted octanol–water partition coefficient (Wildman–Crippen LogP) is 4.11. The van der Waals surface area contributed by atoms with Crippen molar-refractivity contribution in [2.75, 3.05) is 5.32 Å². The van der Waals surface area contributed by atoms with Gasteiger partial charge in [0.25, 0.3) is 5.91 Å². The highest BCUT2D eigenvalue weighted by atomic mass is 35.5. The van der Waals surface area contributed by atoms with Gasteiger partial charge in [0.1, 0.15) is 11.5 Å². The van der Waals surface area contributed by atoms with E-state index in [0.29, 0.717) is 16.6 Å². The van der Waals surface area contributed by atoms with Crippen LogP contribution in [0.25, 0.3) is 5.69 Å². The molecule has 2 heterocycles. The number of benzene rings is 1. The number of aromatic nitrogens is 3. The van der Waals surface area contributed by atoms with Crippen LogP contribution in [0.2, 0.25) is 5.02 Å². The highest BCUT2D eigenvalue weighted by Crippen LogP contribution is 2.57. The molecule has 1 aromatic carbocycles. The lowest BCUT2D eigenvalue weighted by molar-refractivity contribution is 0.102. The summed E-state index contributed by atoms with van der Waals surface area (Å²) < 4.78 is 29.1. The molecule has 0 saturated heterocycles. The van der Waals surface area contributed by atoms with Gasteiger partial charge in [-0.2, -0.15) is 5.10 Å². The lowest BCUT2D eigenvalue weighted by Gasteiger charge is -2.07. The summed E-state index contributed by atoms with van der Waals surface area (Å²) in [5.74, 6) is -1.06. The van der Waals surface area contributed by atoms with Gasteiger partial charge in [0.15, 0.2) is 11.5 Å². The molecule has 3 aromatic rings. The molecular formula is C19H13ClF2N4O. The topological polar surface area (TPSA) is 59.8 Å². The fraction of sp³-hybridized carbons (Fsp3) is 0.211. The van der Waals surface area contributed by atoms with Crippen LogP contribution in [0, 0.1) is 17.6 Å². The molecular weight excluding hydrogens is 374 g/mol. The molecule has 0 aliphatic heterocycles. The van der Waals surface area contributed by atoms with Crippen molar-refractivity contribution < 1.29 is 13.6 Å². The summed E-state index contributed by atoms with van der Waals surface area (Å²) in [5.41, 5.74) is 2.48. The summed E-state index contributed by atoms with van der Waals surface area (Å²) >= 11 is 6.05. The minimum atomic E-state index is -0.714. The Balaban J connectivity index is 1.58. The summed E-state index contributed by atoms with van der Waals surface area (Å²) in [6.45, 7) is 0. The minimum absolute atomic E-state index is 0.140. The fourth-order valence-corrected chi connectivity index (χ4v) is 3.96. The Morgan fingerprint density at radius 1 is 1.30 bits per heavy atom. The van der Waals surface area contributed by atoms with Crippen molar-refractivity contribution in [1.29, 1.82) is 0 Å². The number of pyridine rings is 1. The maximum absolute atomic E-state index is 14.3. The quantitative estimate of drug-likeness (QED) is 0.737. The first kappa shape index (κ1) is 16.4. The van der Waals surface area contributed by atoms with Crippen molar-refractivity contribution in [2.24, 2.45) is 5.92 Å². The molecule has 2 aliphatic carbocycles. The lowest BCUT2D eigenvalue weighted by atomic mass is 10.1. The number of rotatable bonds is 3. The molecule has 1 N–H and O–H groups in total. The van der Waals surface area contributed by atoms with E-state index < -0.39 is 17.5 Å². The summed E-state index contributed by atoms with van der Waals surface area (Å²) in [5, 5.41) is 7.43. The first-order valence-electron chi connectivity index (χ1n) is 8.51. The number of nitrogens with one attached hydrogen (secondary N) is 1. The molecule has 27 heavy (non-hydrogen) atoms. The Morgan fingerprint density at radius 3 is 2.93 bits per heavy atom. The Hall–Kier alpha value is -2.80. The SMILES string of the molecule is O=C(Nc1ccncc1Cl)c1nn(-c2ccc(F)cc2F)c2c1C[C@H]1C[C@@H]21. The van der Waals surface area contributed by atoms with Gasteiger partial charge in [0.2, 0.25) is 0 Å². The van der Waals surface area contributed by atoms with Crippen LogP contribution in [0.3, 0.4) is 0 Å². The van der Waals surface area contributed by atoms with Crippen molar-refractivity contribution >= 4 is 23.2 Å². The van der Waals surface area contributed by atoms with E-state index >= 15 is 0 Å². The molecule has 0 radical (unpaired) electrons. The second-order valence-corrected chi connectivity index (χ2v) is 7.24. The highest BCUT2D eigenvalue weighted by molar-refractivity contribution is 6.33. The van der Waals surface area contributed by atoms with Gasteiger partial charge in [0.05, 0.1) is 16.4 Å². The van der Waals surface area contributed by atoms with E-state index in [4.69, 9.17) is 11.6 Å². The normalized spacial score (nSPS) is 19.5. The van der Waals surface area contributed by atoms with Crippen molar-refractivity contribution in [1.82, 2.24) is 14.8 Å². The lowest BCUT2D eigenvalue weighted by Crippen LogP contribution is -2.15. The number of fused-ring (bicyclic) bond motifs is 3. The second kappa shape index (κ2) is 5.85. The third kappa shape index (κ3) is 2.61. The van der Waals surface area contributed by atoms with Gasteiger partial charge in [0, 0.05) is 29.9 Å². The average Bonchev–Trinajstić information content (AvgIpc) is 3.14. The van der Waals surface area contributed by atoms with E-state index in [-0.39, 0.29) is 17.3 Å². The first-order chi connectivity index (χ1) is 13.0. The van der Waals surface area contributed by atoms with Crippen LogP contribution >= 0.6 is 11.6 Å². The molecule has 1 fully saturated rings. The van der Waals surface area contributed by atoms with Crippen molar-refractivity contribution in [3.63, 3.8) is 0 Å². The van der Waals surface area contributed by atoms with Crippen LogP contribution in [0.4, 0.5) is 14.5 Å². The molecule has 0 spiro atoms. The molecule has 1 amide bonds. The molecule has 1 saturated carbocycles. The summed E-state index contributed by atoms with van der Waals surface area (Å²) in [4.78, 5) is 16.7. The number of halogens is 3. The number of carbonyl (C=O) groups excluding carboxylic acids is 1. The van der Waals surface area contributed by atoms with E-state index in [1.807, 2.05) is 0 Å². The Labute approximate surface area is 158 Å². The van der Waals surface area contributed by atoms with Gasteiger partial charge in [-0.05, 0) is 37.0 Å². The van der Waals surface area contributed by atoms with Gasteiger partial charge in [-0.25, -0.2) is 13.5 Å². The fourth-order valence-electron chi connectivity index (χ4n) is 3.79. The third-order valence-electron chi connectivity index (χ3n) is 5.14. The number of hydrogen-bond donors (Lipinski definition) is 1. The van der Waals surface area contributed by atoms with Crippen LogP contribution in [0.5, 0.6) is 0 Å². The van der Waals surface area contributed by atoms with Gasteiger partial charge in [-0.15, -0.1) is 0 Å². The molecule has 2 aromatic heterocycles. The van der Waals surface area contributed by atoms with E-state index in [1.54, 1.807) is 6.07 Å². The summed E-state index contributed by atoms with van der Waals surface area (Å²) in [6, 6.07) is 4.94. The summed E-state index contributed by atoms with van der Waals surface area (Å²) in [6.07, 6.45) is 4.69. The van der Waals surface area contributed by atoms with Crippen LogP contribution in [-0.2, 0) is 6.42 Å². The zero-order valence-corrected chi connectivity index (χ0v) is 14.7. The van der Waals surface area contributed by atoms with Crippen LogP contribution in [0.1, 0.15) is 34.1 Å². The summed E-state index contributed by atoms with van der Waals surface area (Å²) in [7, 11) is 0. The van der Waals surface area contributed by atoms with Crippen molar-refractivity contribution in [3.05, 3.63) is 70.3 Å². The average molecular weight is 387 g/mol. The minimum Gasteiger partial charge on any atom is -0.319 e. The first-order valence-corrected chi connectivity index (χ1v) is 8.89. The zero-order valence-electron chi connectivity index (χ0n) is 13.9. The van der Waals surface area contributed by atoms with Gasteiger partial charge in [-0.1, -0.05) is 11.6 Å². The van der Waals surface area contributed by atoms with Crippen LogP contribution in [0.15, 0.2) is 36.7 Å². The zero-order chi connectivity index (χ0) is 18.7. The maximum atomic E-state index is 14.3. The molecule has 5 rings (SSSR count). The molecule has 2 aliphatic rings. The second-order valence-electron chi connectivity index (χ2n) is 6.84. The molecule has 136 valence electrons. The third-order valence-corrected chi connectivity index (χ3v) is 5.44. The maximum Gasteiger partial charge on any atom is 0.276 e. The number of nitrogens with zero attached hydrogens (tertiary/aromatic N) is 3. The Bertz CT molecular complexity index is 1100. The highest BCUT2D eigenvalue weighted by Gasteiger charge is 2.50. The number of carbonyl (C=O) groups is 1. The van der Waals surface area contributed by atoms with Gasteiger partial charge in [-0.3, -0.25) is 9.78 Å². The van der Waals surface area contributed by atoms with E-state index in [2.05, 4.69) is 15.4 Å². The van der Waals surface area contributed by atoms with E-state index in [9.17, 15) is 13.6 Å². The number of anilines is 1. The molecule has 8 heteroatoms. The van der Waals surface area contributed by atoms with Crippen molar-refractivity contribution in [2.45, 2.75) is 18.8 Å². The van der Waals surface area contributed by atoms with Crippen LogP contribution < -0.4 is 5.32 Å². The van der Waals surface area contributed by atoms with Gasteiger partial charge >= 0.3 is 0 Å². The van der Waals surface area contributed by atoms with Crippen molar-refractivity contribution in [3.8, 4) is 5.69 Å². The number of amides is 1. The molecule has 5 nitrogen and oxygen atoms in total. The monoisotopic (exact) mass is 386 g/mol. The Kier molecular flexibility index (Phi) is 3.55. The molecule has 0 bridgehead atoms. The standard InChI is InChI=1S/C19H13ClF2N4O/c20-13-8-23-4-3-15(13)24-19(27)17-12-6-9-5-11(9)18(12)26(25-17)16-2-1-10(21)7-14(16)22/h1-4,7-9,11H,5-6H2,(H,23,24,27)/t9-,11-/m1/s1. The number of hydrogen-bond acceptors (Lipinski definition) is 3.